The van der Waals surface area contributed by atoms with Gasteiger partial charge >= 0.3 is 5.97 Å². The van der Waals surface area contributed by atoms with Crippen LogP contribution in [0.2, 0.25) is 0 Å². The minimum Gasteiger partial charge on any atom is -0.463 e. The molecule has 0 atom stereocenters. The summed E-state index contributed by atoms with van der Waals surface area (Å²) in [4.78, 5) is 23.2. The van der Waals surface area contributed by atoms with Crippen LogP contribution in [0.25, 0.3) is 0 Å². The van der Waals surface area contributed by atoms with Crippen molar-refractivity contribution in [2.45, 2.75) is 39.5 Å². The van der Waals surface area contributed by atoms with E-state index in [1.165, 1.54) is 6.08 Å². The number of aryl methyl sites for hydroxylation is 1. The van der Waals surface area contributed by atoms with Crippen LogP contribution < -0.4 is 5.32 Å². The molecule has 0 heterocycles. The Kier molecular flexibility index (Phi) is 7.87. The van der Waals surface area contributed by atoms with Crippen molar-refractivity contribution in [3.8, 4) is 0 Å². The maximum Gasteiger partial charge on any atom is 0.330 e. The maximum absolute atomic E-state index is 11.8. The molecule has 0 aliphatic heterocycles. The largest absolute Gasteiger partial charge is 0.463 e. The molecule has 114 valence electrons. The lowest BCUT2D eigenvalue weighted by molar-refractivity contribution is -0.138. The third kappa shape index (κ3) is 6.75. The van der Waals surface area contributed by atoms with E-state index in [0.717, 1.165) is 43.0 Å². The van der Waals surface area contributed by atoms with Crippen molar-refractivity contribution in [1.29, 1.82) is 0 Å². The first kappa shape index (κ1) is 17.0. The normalized spacial score (nSPS) is 10.6. The summed E-state index contributed by atoms with van der Waals surface area (Å²) in [5.41, 5.74) is 1.83. The van der Waals surface area contributed by atoms with Gasteiger partial charge in [-0.1, -0.05) is 44.9 Å². The molecule has 1 N–H and O–H groups in total. The van der Waals surface area contributed by atoms with Crippen LogP contribution in [-0.4, -0.2) is 18.5 Å². The summed E-state index contributed by atoms with van der Waals surface area (Å²) < 4.78 is 4.98. The highest BCUT2D eigenvalue weighted by Crippen LogP contribution is 2.15. The third-order valence-electron chi connectivity index (χ3n) is 3.02. The summed E-state index contributed by atoms with van der Waals surface area (Å²) in [6, 6.07) is 7.59. The Bertz CT molecular complexity index is 495. The highest BCUT2D eigenvalue weighted by atomic mass is 16.5. The lowest BCUT2D eigenvalue weighted by Gasteiger charge is -2.07. The van der Waals surface area contributed by atoms with E-state index >= 15 is 0 Å². The van der Waals surface area contributed by atoms with Crippen molar-refractivity contribution in [3.63, 3.8) is 0 Å². The number of hydrogen-bond donors (Lipinski definition) is 1. The minimum absolute atomic E-state index is 0.332. The predicted molar refractivity (Wildman–Crippen MR) is 84.1 cm³/mol. The first-order valence-corrected chi connectivity index (χ1v) is 7.41. The van der Waals surface area contributed by atoms with Crippen LogP contribution in [0, 0.1) is 0 Å². The van der Waals surface area contributed by atoms with Crippen molar-refractivity contribution in [2.75, 3.05) is 11.9 Å². The van der Waals surface area contributed by atoms with Crippen LogP contribution in [0.1, 0.15) is 38.7 Å². The van der Waals surface area contributed by atoms with Gasteiger partial charge in [0.05, 0.1) is 6.61 Å². The van der Waals surface area contributed by atoms with E-state index in [1.54, 1.807) is 0 Å². The molecule has 0 radical (unpaired) electrons. The lowest BCUT2D eigenvalue weighted by atomic mass is 10.1. The molecule has 0 unspecified atom stereocenters. The van der Waals surface area contributed by atoms with E-state index in [9.17, 15) is 9.59 Å². The van der Waals surface area contributed by atoms with E-state index in [4.69, 9.17) is 4.74 Å². The quantitative estimate of drug-likeness (QED) is 0.453. The van der Waals surface area contributed by atoms with Crippen molar-refractivity contribution < 1.29 is 14.3 Å². The van der Waals surface area contributed by atoms with E-state index in [-0.39, 0.29) is 5.91 Å². The standard InChI is InChI=1S/C17H23NO3/c1-3-5-8-13-21-17(20)12-11-16(19)18-15-10-7-6-9-14(15)4-2/h6-7,9-12H,3-5,8,13H2,1-2H3,(H,18,19)/b12-11+. The van der Waals surface area contributed by atoms with Crippen molar-refractivity contribution in [1.82, 2.24) is 0 Å². The molecule has 1 aromatic rings. The molecule has 1 aromatic carbocycles. The zero-order valence-corrected chi connectivity index (χ0v) is 12.7. The number of amides is 1. The Morgan fingerprint density at radius 3 is 2.62 bits per heavy atom. The second-order valence-electron chi connectivity index (χ2n) is 4.71. The SMILES string of the molecule is CCCCCOC(=O)/C=C/C(=O)Nc1ccccc1CC. The molecule has 0 aromatic heterocycles. The van der Waals surface area contributed by atoms with Crippen LogP contribution in [-0.2, 0) is 20.7 Å². The lowest BCUT2D eigenvalue weighted by Crippen LogP contribution is -2.11. The number of rotatable bonds is 8. The third-order valence-corrected chi connectivity index (χ3v) is 3.02. The van der Waals surface area contributed by atoms with Gasteiger partial charge in [0.2, 0.25) is 5.91 Å². The molecule has 0 aliphatic rings. The average Bonchev–Trinajstić information content (AvgIpc) is 2.50. The first-order chi connectivity index (χ1) is 10.2. The fourth-order valence-electron chi connectivity index (χ4n) is 1.84. The van der Waals surface area contributed by atoms with Gasteiger partial charge < -0.3 is 10.1 Å². The van der Waals surface area contributed by atoms with E-state index in [1.807, 2.05) is 31.2 Å². The number of carbonyl (C=O) groups excluding carboxylic acids is 2. The van der Waals surface area contributed by atoms with Crippen LogP contribution in [0.4, 0.5) is 5.69 Å². The Labute approximate surface area is 126 Å². The average molecular weight is 289 g/mol. The van der Waals surface area contributed by atoms with Gasteiger partial charge in [-0.15, -0.1) is 0 Å². The summed E-state index contributed by atoms with van der Waals surface area (Å²) in [5.74, 6) is -0.813. The molecule has 4 heteroatoms. The van der Waals surface area contributed by atoms with Crippen LogP contribution in [0.3, 0.4) is 0 Å². The van der Waals surface area contributed by atoms with Gasteiger partial charge in [-0.3, -0.25) is 4.79 Å². The molecule has 0 spiro atoms. The van der Waals surface area contributed by atoms with Gasteiger partial charge in [0.15, 0.2) is 0 Å². The van der Waals surface area contributed by atoms with Crippen molar-refractivity contribution >= 4 is 17.6 Å². The number of unbranched alkanes of at least 4 members (excludes halogenated alkanes) is 2. The smallest absolute Gasteiger partial charge is 0.330 e. The number of esters is 1. The fourth-order valence-corrected chi connectivity index (χ4v) is 1.84. The number of benzene rings is 1. The number of hydrogen-bond acceptors (Lipinski definition) is 3. The molecule has 1 rings (SSSR count). The number of nitrogens with one attached hydrogen (secondary N) is 1. The predicted octanol–water partition coefficient (Wildman–Crippen LogP) is 3.48. The van der Waals surface area contributed by atoms with Gasteiger partial charge in [-0.05, 0) is 24.5 Å². The van der Waals surface area contributed by atoms with Crippen LogP contribution in [0.5, 0.6) is 0 Å². The van der Waals surface area contributed by atoms with Crippen molar-refractivity contribution in [2.24, 2.45) is 0 Å². The molecular weight excluding hydrogens is 266 g/mol. The van der Waals surface area contributed by atoms with E-state index < -0.39 is 5.97 Å². The molecule has 0 saturated carbocycles. The molecular formula is C17H23NO3. The van der Waals surface area contributed by atoms with E-state index in [2.05, 4.69) is 12.2 Å². The van der Waals surface area contributed by atoms with Crippen LogP contribution >= 0.6 is 0 Å². The van der Waals surface area contributed by atoms with Gasteiger partial charge in [-0.2, -0.15) is 0 Å². The van der Waals surface area contributed by atoms with Gasteiger partial charge in [0.1, 0.15) is 0 Å². The highest BCUT2D eigenvalue weighted by Gasteiger charge is 2.03. The van der Waals surface area contributed by atoms with Gasteiger partial charge in [0.25, 0.3) is 0 Å². The Hall–Kier alpha value is -2.10. The second-order valence-corrected chi connectivity index (χ2v) is 4.71. The van der Waals surface area contributed by atoms with Gasteiger partial charge in [0, 0.05) is 17.8 Å². The second kappa shape index (κ2) is 9.75. The molecule has 21 heavy (non-hydrogen) atoms. The monoisotopic (exact) mass is 289 g/mol. The summed E-state index contributed by atoms with van der Waals surface area (Å²) in [6.45, 7) is 4.51. The molecule has 0 aliphatic carbocycles. The number of anilines is 1. The molecule has 1 amide bonds. The molecule has 0 bridgehead atoms. The van der Waals surface area contributed by atoms with Gasteiger partial charge in [-0.25, -0.2) is 4.79 Å². The van der Waals surface area contributed by atoms with E-state index in [0.29, 0.717) is 6.61 Å². The number of para-hydroxylation sites is 1. The first-order valence-electron chi connectivity index (χ1n) is 7.41. The summed E-state index contributed by atoms with van der Waals surface area (Å²) in [7, 11) is 0. The zero-order chi connectivity index (χ0) is 15.5. The van der Waals surface area contributed by atoms with Crippen molar-refractivity contribution in [3.05, 3.63) is 42.0 Å². The molecule has 0 saturated heterocycles. The topological polar surface area (TPSA) is 55.4 Å². The number of ether oxygens (including phenoxy) is 1. The van der Waals surface area contributed by atoms with Crippen LogP contribution in [0.15, 0.2) is 36.4 Å². The maximum atomic E-state index is 11.8. The fraction of sp³-hybridized carbons (Fsp3) is 0.412. The highest BCUT2D eigenvalue weighted by molar-refractivity contribution is 6.02. The summed E-state index contributed by atoms with van der Waals surface area (Å²) >= 11 is 0. The Morgan fingerprint density at radius 2 is 1.90 bits per heavy atom. The molecule has 4 nitrogen and oxygen atoms in total. The molecule has 0 fully saturated rings. The summed E-state index contributed by atoms with van der Waals surface area (Å²) in [6.07, 6.45) is 6.16. The number of carbonyl (C=O) groups is 2. The zero-order valence-electron chi connectivity index (χ0n) is 12.7. The Balaban J connectivity index is 2.42. The Morgan fingerprint density at radius 1 is 1.14 bits per heavy atom. The summed E-state index contributed by atoms with van der Waals surface area (Å²) in [5, 5.41) is 2.76. The minimum atomic E-state index is -0.481.